The van der Waals surface area contributed by atoms with Gasteiger partial charge in [0.1, 0.15) is 5.82 Å². The van der Waals surface area contributed by atoms with Gasteiger partial charge in [-0.3, -0.25) is 0 Å². The maximum Gasteiger partial charge on any atom is 0.330 e. The van der Waals surface area contributed by atoms with Crippen LogP contribution in [-0.2, 0) is 16.1 Å². The van der Waals surface area contributed by atoms with Gasteiger partial charge in [-0.1, -0.05) is 6.08 Å². The van der Waals surface area contributed by atoms with Gasteiger partial charge in [-0.2, -0.15) is 0 Å². The van der Waals surface area contributed by atoms with Crippen LogP contribution in [-0.4, -0.2) is 29.1 Å². The maximum absolute atomic E-state index is 11.0. The van der Waals surface area contributed by atoms with E-state index in [-0.39, 0.29) is 5.97 Å². The van der Waals surface area contributed by atoms with Crippen molar-refractivity contribution in [3.05, 3.63) is 35.9 Å². The van der Waals surface area contributed by atoms with E-state index in [1.54, 1.807) is 19.2 Å². The van der Waals surface area contributed by atoms with Crippen LogP contribution in [0.4, 0.5) is 0 Å². The van der Waals surface area contributed by atoms with Gasteiger partial charge < -0.3 is 10.1 Å². The Kier molecular flexibility index (Phi) is 5.88. The van der Waals surface area contributed by atoms with E-state index < -0.39 is 0 Å². The quantitative estimate of drug-likeness (QED) is 0.452. The zero-order valence-corrected chi connectivity index (χ0v) is 10.1. The van der Waals surface area contributed by atoms with Gasteiger partial charge in [-0.15, -0.1) is 0 Å². The van der Waals surface area contributed by atoms with Gasteiger partial charge in [-0.25, -0.2) is 14.8 Å². The Bertz CT molecular complexity index is 391. The van der Waals surface area contributed by atoms with Crippen molar-refractivity contribution >= 4 is 5.97 Å². The summed E-state index contributed by atoms with van der Waals surface area (Å²) in [4.78, 5) is 19.2. The molecule has 17 heavy (non-hydrogen) atoms. The van der Waals surface area contributed by atoms with Crippen LogP contribution < -0.4 is 5.32 Å². The normalized spacial score (nSPS) is 10.7. The smallest absolute Gasteiger partial charge is 0.330 e. The molecule has 0 aromatic carbocycles. The summed E-state index contributed by atoms with van der Waals surface area (Å²) < 4.78 is 4.75. The van der Waals surface area contributed by atoms with E-state index in [4.69, 9.17) is 4.74 Å². The highest BCUT2D eigenvalue weighted by Crippen LogP contribution is 1.93. The van der Waals surface area contributed by atoms with Crippen LogP contribution in [0.25, 0.3) is 0 Å². The molecule has 0 radical (unpaired) electrons. The number of nitrogens with zero attached hydrogens (tertiary/aromatic N) is 2. The average Bonchev–Trinajstić information content (AvgIpc) is 2.29. The SMILES string of the molecule is CCOC(=O)/C=C/CNCc1ccnc(C)n1. The number of aryl methyl sites for hydroxylation is 1. The Morgan fingerprint density at radius 1 is 1.59 bits per heavy atom. The van der Waals surface area contributed by atoms with E-state index in [0.717, 1.165) is 11.5 Å². The third kappa shape index (κ3) is 5.77. The van der Waals surface area contributed by atoms with Crippen molar-refractivity contribution in [3.63, 3.8) is 0 Å². The standard InChI is InChI=1S/C12H17N3O2/c1-3-17-12(16)5-4-7-13-9-11-6-8-14-10(2)15-11/h4-6,8,13H,3,7,9H2,1-2H3/b5-4+. The highest BCUT2D eigenvalue weighted by atomic mass is 16.5. The topological polar surface area (TPSA) is 64.1 Å². The number of carbonyl (C=O) groups is 1. The summed E-state index contributed by atoms with van der Waals surface area (Å²) in [6.45, 7) is 5.28. The second-order valence-corrected chi connectivity index (χ2v) is 3.38. The number of hydrogen-bond donors (Lipinski definition) is 1. The van der Waals surface area contributed by atoms with Gasteiger partial charge in [-0.05, 0) is 19.9 Å². The van der Waals surface area contributed by atoms with Crippen molar-refractivity contribution in [1.29, 1.82) is 0 Å². The first-order valence-electron chi connectivity index (χ1n) is 5.55. The lowest BCUT2D eigenvalue weighted by Gasteiger charge is -2.01. The second-order valence-electron chi connectivity index (χ2n) is 3.38. The van der Waals surface area contributed by atoms with E-state index in [1.165, 1.54) is 6.08 Å². The molecule has 0 aliphatic rings. The van der Waals surface area contributed by atoms with Gasteiger partial charge in [0.25, 0.3) is 0 Å². The Labute approximate surface area is 101 Å². The minimum absolute atomic E-state index is 0.313. The minimum Gasteiger partial charge on any atom is -0.463 e. The third-order valence-corrected chi connectivity index (χ3v) is 1.94. The molecule has 0 aliphatic carbocycles. The molecule has 5 heteroatoms. The summed E-state index contributed by atoms with van der Waals surface area (Å²) in [6.07, 6.45) is 4.88. The molecule has 0 saturated heterocycles. The molecule has 0 aliphatic heterocycles. The molecule has 0 atom stereocenters. The fourth-order valence-electron chi connectivity index (χ4n) is 1.23. The van der Waals surface area contributed by atoms with Gasteiger partial charge in [0.15, 0.2) is 0 Å². The van der Waals surface area contributed by atoms with Crippen molar-refractivity contribution in [2.45, 2.75) is 20.4 Å². The molecule has 1 aromatic heterocycles. The predicted molar refractivity (Wildman–Crippen MR) is 64.2 cm³/mol. The number of aromatic nitrogens is 2. The minimum atomic E-state index is -0.313. The van der Waals surface area contributed by atoms with Crippen molar-refractivity contribution in [2.24, 2.45) is 0 Å². The molecule has 5 nitrogen and oxygen atoms in total. The molecule has 1 aromatic rings. The van der Waals surface area contributed by atoms with Crippen LogP contribution in [0.3, 0.4) is 0 Å². The zero-order chi connectivity index (χ0) is 12.5. The van der Waals surface area contributed by atoms with Crippen molar-refractivity contribution < 1.29 is 9.53 Å². The van der Waals surface area contributed by atoms with E-state index in [0.29, 0.717) is 19.7 Å². The van der Waals surface area contributed by atoms with Crippen LogP contribution in [0, 0.1) is 6.92 Å². The molecule has 1 N–H and O–H groups in total. The molecule has 0 unspecified atom stereocenters. The molecule has 1 rings (SSSR count). The summed E-state index contributed by atoms with van der Waals surface area (Å²) in [5, 5.41) is 3.14. The molecule has 0 spiro atoms. The van der Waals surface area contributed by atoms with Crippen molar-refractivity contribution in [3.8, 4) is 0 Å². The Morgan fingerprint density at radius 3 is 3.12 bits per heavy atom. The fraction of sp³-hybridized carbons (Fsp3) is 0.417. The van der Waals surface area contributed by atoms with E-state index in [9.17, 15) is 4.79 Å². The molecule has 0 amide bonds. The molecular formula is C12H17N3O2. The van der Waals surface area contributed by atoms with Crippen LogP contribution in [0.15, 0.2) is 24.4 Å². The number of nitrogens with one attached hydrogen (secondary N) is 1. The third-order valence-electron chi connectivity index (χ3n) is 1.94. The van der Waals surface area contributed by atoms with E-state index >= 15 is 0 Å². The summed E-state index contributed by atoms with van der Waals surface area (Å²) >= 11 is 0. The summed E-state index contributed by atoms with van der Waals surface area (Å²) in [6, 6.07) is 1.86. The predicted octanol–water partition coefficient (Wildman–Crippen LogP) is 0.994. The number of esters is 1. The van der Waals surface area contributed by atoms with Crippen LogP contribution >= 0.6 is 0 Å². The first-order valence-corrected chi connectivity index (χ1v) is 5.55. The molecule has 0 fully saturated rings. The fourth-order valence-corrected chi connectivity index (χ4v) is 1.23. The van der Waals surface area contributed by atoms with Gasteiger partial charge >= 0.3 is 5.97 Å². The second kappa shape index (κ2) is 7.51. The summed E-state index contributed by atoms with van der Waals surface area (Å²) in [7, 11) is 0. The first-order chi connectivity index (χ1) is 8.22. The average molecular weight is 235 g/mol. The first kappa shape index (κ1) is 13.3. The van der Waals surface area contributed by atoms with Crippen LogP contribution in [0.2, 0.25) is 0 Å². The molecule has 1 heterocycles. The molecular weight excluding hydrogens is 218 g/mol. The molecule has 0 bridgehead atoms. The summed E-state index contributed by atoms with van der Waals surface area (Å²) in [5.74, 6) is 0.443. The highest BCUT2D eigenvalue weighted by Gasteiger charge is 1.95. The largest absolute Gasteiger partial charge is 0.463 e. The van der Waals surface area contributed by atoms with Gasteiger partial charge in [0.05, 0.1) is 12.3 Å². The Balaban J connectivity index is 2.22. The van der Waals surface area contributed by atoms with Crippen LogP contribution in [0.1, 0.15) is 18.4 Å². The number of carbonyl (C=O) groups excluding carboxylic acids is 1. The lowest BCUT2D eigenvalue weighted by Crippen LogP contribution is -2.14. The number of rotatable bonds is 6. The lowest BCUT2D eigenvalue weighted by molar-refractivity contribution is -0.137. The van der Waals surface area contributed by atoms with Gasteiger partial charge in [0.2, 0.25) is 0 Å². The van der Waals surface area contributed by atoms with Crippen LogP contribution in [0.5, 0.6) is 0 Å². The Hall–Kier alpha value is -1.75. The van der Waals surface area contributed by atoms with Crippen molar-refractivity contribution in [1.82, 2.24) is 15.3 Å². The molecule has 92 valence electrons. The monoisotopic (exact) mass is 235 g/mol. The van der Waals surface area contributed by atoms with E-state index in [1.807, 2.05) is 13.0 Å². The van der Waals surface area contributed by atoms with E-state index in [2.05, 4.69) is 15.3 Å². The number of ether oxygens (including phenoxy) is 1. The van der Waals surface area contributed by atoms with Crippen molar-refractivity contribution in [2.75, 3.05) is 13.2 Å². The number of hydrogen-bond acceptors (Lipinski definition) is 5. The summed E-state index contributed by atoms with van der Waals surface area (Å²) in [5.41, 5.74) is 0.932. The maximum atomic E-state index is 11.0. The Morgan fingerprint density at radius 2 is 2.41 bits per heavy atom. The zero-order valence-electron chi connectivity index (χ0n) is 10.1. The lowest BCUT2D eigenvalue weighted by atomic mass is 10.4. The molecule has 0 saturated carbocycles. The highest BCUT2D eigenvalue weighted by molar-refractivity contribution is 5.81. The van der Waals surface area contributed by atoms with Gasteiger partial charge in [0, 0.05) is 25.4 Å².